The Morgan fingerprint density at radius 2 is 2.18 bits per heavy atom. The summed E-state index contributed by atoms with van der Waals surface area (Å²) in [5.41, 5.74) is 0.717. The zero-order valence-corrected chi connectivity index (χ0v) is 9.72. The topological polar surface area (TPSA) is 62.3 Å². The number of anilines is 1. The molecule has 0 bridgehead atoms. The van der Waals surface area contributed by atoms with Crippen LogP contribution in [0.5, 0.6) is 0 Å². The van der Waals surface area contributed by atoms with Crippen molar-refractivity contribution in [1.82, 2.24) is 9.88 Å². The Kier molecular flexibility index (Phi) is 3.37. The molecule has 2 amide bonds. The molecule has 1 aliphatic heterocycles. The van der Waals surface area contributed by atoms with Crippen molar-refractivity contribution in [2.45, 2.75) is 13.3 Å². The fourth-order valence-electron chi connectivity index (χ4n) is 1.84. The monoisotopic (exact) mass is 233 g/mol. The first-order chi connectivity index (χ1) is 8.16. The molecule has 1 saturated heterocycles. The largest absolute Gasteiger partial charge is 0.323 e. The summed E-state index contributed by atoms with van der Waals surface area (Å²) in [6.07, 6.45) is 3.70. The predicted octanol–water partition coefficient (Wildman–Crippen LogP) is 1.52. The van der Waals surface area contributed by atoms with E-state index in [0.29, 0.717) is 19.5 Å². The first-order valence-electron chi connectivity index (χ1n) is 5.65. The number of pyridine rings is 1. The maximum absolute atomic E-state index is 11.9. The van der Waals surface area contributed by atoms with Crippen LogP contribution in [0.15, 0.2) is 24.5 Å². The average molecular weight is 233 g/mol. The molecule has 5 heteroatoms. The number of urea groups is 1. The number of carbonyl (C=O) groups is 2. The van der Waals surface area contributed by atoms with Gasteiger partial charge in [-0.3, -0.25) is 9.78 Å². The van der Waals surface area contributed by atoms with Gasteiger partial charge in [-0.1, -0.05) is 6.92 Å². The van der Waals surface area contributed by atoms with Crippen LogP contribution >= 0.6 is 0 Å². The van der Waals surface area contributed by atoms with E-state index < -0.39 is 0 Å². The van der Waals surface area contributed by atoms with Crippen molar-refractivity contribution in [2.24, 2.45) is 5.92 Å². The number of amides is 2. The Labute approximate surface area is 99.8 Å². The molecule has 90 valence electrons. The van der Waals surface area contributed by atoms with Gasteiger partial charge in [0.1, 0.15) is 5.78 Å². The van der Waals surface area contributed by atoms with Crippen LogP contribution in [0, 0.1) is 5.92 Å². The normalized spacial score (nSPS) is 20.2. The minimum Gasteiger partial charge on any atom is -0.323 e. The lowest BCUT2D eigenvalue weighted by molar-refractivity contribution is -0.124. The summed E-state index contributed by atoms with van der Waals surface area (Å²) in [7, 11) is 0. The number of nitrogens with zero attached hydrogens (tertiary/aromatic N) is 2. The minimum absolute atomic E-state index is 0.0630. The highest BCUT2D eigenvalue weighted by Crippen LogP contribution is 2.14. The highest BCUT2D eigenvalue weighted by atomic mass is 16.2. The number of piperidine rings is 1. The highest BCUT2D eigenvalue weighted by molar-refractivity contribution is 5.91. The molecule has 1 aliphatic rings. The van der Waals surface area contributed by atoms with Crippen molar-refractivity contribution in [3.05, 3.63) is 24.5 Å². The van der Waals surface area contributed by atoms with Crippen LogP contribution in [0.3, 0.4) is 0 Å². The number of aromatic nitrogens is 1. The molecule has 0 saturated carbocycles. The quantitative estimate of drug-likeness (QED) is 0.800. The first-order valence-corrected chi connectivity index (χ1v) is 5.65. The van der Waals surface area contributed by atoms with Crippen molar-refractivity contribution in [3.63, 3.8) is 0 Å². The van der Waals surface area contributed by atoms with Crippen LogP contribution in [0.25, 0.3) is 0 Å². The van der Waals surface area contributed by atoms with Gasteiger partial charge in [-0.15, -0.1) is 0 Å². The second kappa shape index (κ2) is 4.95. The van der Waals surface area contributed by atoms with E-state index in [9.17, 15) is 9.59 Å². The summed E-state index contributed by atoms with van der Waals surface area (Å²) in [6, 6.07) is 3.31. The maximum atomic E-state index is 11.9. The number of likely N-dealkylation sites (tertiary alicyclic amines) is 1. The van der Waals surface area contributed by atoms with Crippen LogP contribution < -0.4 is 5.32 Å². The molecule has 1 unspecified atom stereocenters. The summed E-state index contributed by atoms with van der Waals surface area (Å²) < 4.78 is 0. The zero-order valence-electron chi connectivity index (χ0n) is 9.72. The van der Waals surface area contributed by atoms with E-state index >= 15 is 0 Å². The van der Waals surface area contributed by atoms with Gasteiger partial charge in [0.05, 0.1) is 0 Å². The summed E-state index contributed by atoms with van der Waals surface area (Å²) in [5.74, 6) is 0.171. The second-order valence-corrected chi connectivity index (χ2v) is 4.23. The third-order valence-corrected chi connectivity index (χ3v) is 2.89. The third kappa shape index (κ3) is 2.81. The Morgan fingerprint density at radius 3 is 2.82 bits per heavy atom. The molecule has 0 aromatic carbocycles. The van der Waals surface area contributed by atoms with Crippen LogP contribution in [-0.4, -0.2) is 34.8 Å². The maximum Gasteiger partial charge on any atom is 0.321 e. The summed E-state index contributed by atoms with van der Waals surface area (Å²) in [4.78, 5) is 28.8. The summed E-state index contributed by atoms with van der Waals surface area (Å²) in [6.45, 7) is 2.85. The second-order valence-electron chi connectivity index (χ2n) is 4.23. The van der Waals surface area contributed by atoms with Gasteiger partial charge in [0, 0.05) is 43.5 Å². The third-order valence-electron chi connectivity index (χ3n) is 2.89. The minimum atomic E-state index is -0.157. The molecular weight excluding hydrogens is 218 g/mol. The number of hydrogen-bond acceptors (Lipinski definition) is 3. The highest BCUT2D eigenvalue weighted by Gasteiger charge is 2.26. The van der Waals surface area contributed by atoms with Gasteiger partial charge in [0.2, 0.25) is 0 Å². The molecule has 2 heterocycles. The molecule has 0 radical (unpaired) electrons. The summed E-state index contributed by atoms with van der Waals surface area (Å²) in [5, 5.41) is 2.78. The number of ketones is 1. The standard InChI is InChI=1S/C12H15N3O2/c1-9-8-15(7-4-11(9)16)12(17)14-10-2-5-13-6-3-10/h2-3,5-6,9H,4,7-8H2,1H3,(H,13,14,17). The zero-order chi connectivity index (χ0) is 12.3. The lowest BCUT2D eigenvalue weighted by Gasteiger charge is -2.30. The van der Waals surface area contributed by atoms with Gasteiger partial charge in [0.25, 0.3) is 0 Å². The predicted molar refractivity (Wildman–Crippen MR) is 63.6 cm³/mol. The average Bonchev–Trinajstić information content (AvgIpc) is 2.34. The van der Waals surface area contributed by atoms with E-state index in [1.165, 1.54) is 0 Å². The molecule has 17 heavy (non-hydrogen) atoms. The van der Waals surface area contributed by atoms with Gasteiger partial charge < -0.3 is 10.2 Å². The molecule has 5 nitrogen and oxygen atoms in total. The van der Waals surface area contributed by atoms with Crippen molar-refractivity contribution < 1.29 is 9.59 Å². The smallest absolute Gasteiger partial charge is 0.321 e. The van der Waals surface area contributed by atoms with Gasteiger partial charge in [0.15, 0.2) is 0 Å². The SMILES string of the molecule is CC1CN(C(=O)Nc2ccncc2)CCC1=O. The number of nitrogens with one attached hydrogen (secondary N) is 1. The van der Waals surface area contributed by atoms with Gasteiger partial charge in [-0.25, -0.2) is 4.79 Å². The lowest BCUT2D eigenvalue weighted by Crippen LogP contribution is -2.45. The molecule has 0 spiro atoms. The van der Waals surface area contributed by atoms with E-state index in [1.54, 1.807) is 29.4 Å². The Balaban J connectivity index is 1.95. The molecule has 1 fully saturated rings. The number of rotatable bonds is 1. The van der Waals surface area contributed by atoms with E-state index in [1.807, 2.05) is 6.92 Å². The molecular formula is C12H15N3O2. The Morgan fingerprint density at radius 1 is 1.47 bits per heavy atom. The Hall–Kier alpha value is -1.91. The van der Waals surface area contributed by atoms with Crippen molar-refractivity contribution in [3.8, 4) is 0 Å². The first kappa shape index (κ1) is 11.6. The molecule has 0 aliphatic carbocycles. The van der Waals surface area contributed by atoms with Crippen LogP contribution in [0.4, 0.5) is 10.5 Å². The van der Waals surface area contributed by atoms with Gasteiger partial charge in [-0.05, 0) is 12.1 Å². The number of carbonyl (C=O) groups excluding carboxylic acids is 2. The van der Waals surface area contributed by atoms with E-state index in [4.69, 9.17) is 0 Å². The molecule has 1 aromatic heterocycles. The van der Waals surface area contributed by atoms with E-state index in [0.717, 1.165) is 5.69 Å². The van der Waals surface area contributed by atoms with E-state index in [2.05, 4.69) is 10.3 Å². The van der Waals surface area contributed by atoms with Crippen molar-refractivity contribution in [2.75, 3.05) is 18.4 Å². The number of hydrogen-bond donors (Lipinski definition) is 1. The lowest BCUT2D eigenvalue weighted by atomic mass is 9.99. The van der Waals surface area contributed by atoms with Crippen molar-refractivity contribution in [1.29, 1.82) is 0 Å². The molecule has 1 N–H and O–H groups in total. The fraction of sp³-hybridized carbons (Fsp3) is 0.417. The number of Topliss-reactive ketones (excluding diaryl/α,β-unsaturated/α-hetero) is 1. The van der Waals surface area contributed by atoms with Gasteiger partial charge >= 0.3 is 6.03 Å². The van der Waals surface area contributed by atoms with Crippen LogP contribution in [-0.2, 0) is 4.79 Å². The van der Waals surface area contributed by atoms with Crippen molar-refractivity contribution >= 4 is 17.5 Å². The van der Waals surface area contributed by atoms with Gasteiger partial charge in [-0.2, -0.15) is 0 Å². The van der Waals surface area contributed by atoms with Crippen LogP contribution in [0.2, 0.25) is 0 Å². The fourth-order valence-corrected chi connectivity index (χ4v) is 1.84. The Bertz CT molecular complexity index is 419. The summed E-state index contributed by atoms with van der Waals surface area (Å²) >= 11 is 0. The molecule has 1 aromatic rings. The molecule has 1 atom stereocenters. The van der Waals surface area contributed by atoms with Crippen LogP contribution in [0.1, 0.15) is 13.3 Å². The van der Waals surface area contributed by atoms with E-state index in [-0.39, 0.29) is 17.7 Å². The molecule has 2 rings (SSSR count).